The van der Waals surface area contributed by atoms with Gasteiger partial charge in [-0.2, -0.15) is 5.10 Å². The molecule has 0 unspecified atom stereocenters. The molecule has 29 heavy (non-hydrogen) atoms. The average molecular weight is 393 g/mol. The Morgan fingerprint density at radius 3 is 2.55 bits per heavy atom. The minimum Gasteiger partial charge on any atom is -0.484 e. The van der Waals surface area contributed by atoms with Crippen LogP contribution in [0.1, 0.15) is 30.9 Å². The molecule has 0 bridgehead atoms. The van der Waals surface area contributed by atoms with Gasteiger partial charge in [0.15, 0.2) is 6.61 Å². The van der Waals surface area contributed by atoms with Gasteiger partial charge in [-0.3, -0.25) is 9.59 Å². The second kappa shape index (κ2) is 8.05. The molecule has 3 heterocycles. The van der Waals surface area contributed by atoms with Crippen molar-refractivity contribution in [3.8, 4) is 5.75 Å². The molecule has 2 amide bonds. The molecule has 0 radical (unpaired) electrons. The molecule has 3 aromatic rings. The molecular weight excluding hydrogens is 374 g/mol. The fourth-order valence-corrected chi connectivity index (χ4v) is 3.08. The molecular formula is C21H19N3O5. The number of rotatable bonds is 6. The third-order valence-electron chi connectivity index (χ3n) is 4.38. The lowest BCUT2D eigenvalue weighted by atomic mass is 10.1. The summed E-state index contributed by atoms with van der Waals surface area (Å²) in [4.78, 5) is 23.9. The number of hydrogen-bond acceptors (Lipinski definition) is 6. The smallest absolute Gasteiger partial charge is 0.281 e. The predicted molar refractivity (Wildman–Crippen MR) is 104 cm³/mol. The van der Waals surface area contributed by atoms with Crippen LogP contribution in [0, 0.1) is 0 Å². The highest BCUT2D eigenvalue weighted by molar-refractivity contribution is 6.01. The number of carbonyl (C=O) groups excluding carboxylic acids is 2. The Balaban J connectivity index is 1.45. The molecule has 1 aromatic carbocycles. The van der Waals surface area contributed by atoms with Crippen molar-refractivity contribution in [3.63, 3.8) is 0 Å². The van der Waals surface area contributed by atoms with Crippen LogP contribution in [0.15, 0.2) is 75.0 Å². The standard InChI is InChI=1S/C21H19N3O5/c1-14(25)22-15-6-8-16(9-7-15)29-13-21(26)24-18(20-5-3-11-28-20)12-17(23-24)19-4-2-10-27-19/h2-11,18H,12-13H2,1H3,(H,22,25)/t18-/m1/s1. The number of anilines is 1. The second-order valence-corrected chi connectivity index (χ2v) is 6.49. The van der Waals surface area contributed by atoms with Crippen molar-refractivity contribution < 1.29 is 23.2 Å². The molecule has 0 aliphatic carbocycles. The number of hydrogen-bond donors (Lipinski definition) is 1. The van der Waals surface area contributed by atoms with E-state index in [2.05, 4.69) is 10.4 Å². The minimum absolute atomic E-state index is 0.155. The zero-order chi connectivity index (χ0) is 20.2. The highest BCUT2D eigenvalue weighted by Gasteiger charge is 2.35. The van der Waals surface area contributed by atoms with E-state index in [9.17, 15) is 9.59 Å². The molecule has 0 saturated heterocycles. The quantitative estimate of drug-likeness (QED) is 0.690. The van der Waals surface area contributed by atoms with Crippen LogP contribution in [-0.4, -0.2) is 29.1 Å². The summed E-state index contributed by atoms with van der Waals surface area (Å²) in [6.45, 7) is 1.25. The van der Waals surface area contributed by atoms with Crippen molar-refractivity contribution >= 4 is 23.2 Å². The molecule has 0 saturated carbocycles. The van der Waals surface area contributed by atoms with E-state index in [1.807, 2.05) is 6.07 Å². The first-order valence-corrected chi connectivity index (χ1v) is 9.07. The second-order valence-electron chi connectivity index (χ2n) is 6.49. The molecule has 1 aliphatic heterocycles. The van der Waals surface area contributed by atoms with Crippen LogP contribution in [0.4, 0.5) is 5.69 Å². The van der Waals surface area contributed by atoms with Gasteiger partial charge in [0, 0.05) is 19.0 Å². The number of nitrogens with zero attached hydrogens (tertiary/aromatic N) is 2. The minimum atomic E-state index is -0.358. The Bertz CT molecular complexity index is 1010. The number of nitrogens with one attached hydrogen (secondary N) is 1. The normalized spacial score (nSPS) is 15.8. The molecule has 4 rings (SSSR count). The summed E-state index contributed by atoms with van der Waals surface area (Å²) in [6, 6.07) is 13.6. The lowest BCUT2D eigenvalue weighted by Crippen LogP contribution is -2.31. The fraction of sp³-hybridized carbons (Fsp3) is 0.190. The molecule has 148 valence electrons. The van der Waals surface area contributed by atoms with Crippen LogP contribution >= 0.6 is 0 Å². The van der Waals surface area contributed by atoms with Crippen LogP contribution in [0.3, 0.4) is 0 Å². The van der Waals surface area contributed by atoms with Crippen LogP contribution < -0.4 is 10.1 Å². The zero-order valence-electron chi connectivity index (χ0n) is 15.7. The third kappa shape index (κ3) is 4.21. The number of benzene rings is 1. The number of furan rings is 2. The van der Waals surface area contributed by atoms with Crippen molar-refractivity contribution in [2.45, 2.75) is 19.4 Å². The van der Waals surface area contributed by atoms with Crippen LogP contribution in [-0.2, 0) is 9.59 Å². The number of carbonyl (C=O) groups is 2. The molecule has 1 atom stereocenters. The lowest BCUT2D eigenvalue weighted by molar-refractivity contribution is -0.135. The highest BCUT2D eigenvalue weighted by atomic mass is 16.5. The molecule has 8 heteroatoms. The van der Waals surface area contributed by atoms with Gasteiger partial charge >= 0.3 is 0 Å². The van der Waals surface area contributed by atoms with Gasteiger partial charge in [-0.25, -0.2) is 5.01 Å². The Kier molecular flexibility index (Phi) is 5.15. The van der Waals surface area contributed by atoms with Gasteiger partial charge in [0.2, 0.25) is 5.91 Å². The first-order valence-electron chi connectivity index (χ1n) is 9.07. The SMILES string of the molecule is CC(=O)Nc1ccc(OCC(=O)N2N=C(c3ccco3)C[C@@H]2c2ccco2)cc1. The Morgan fingerprint density at radius 2 is 1.90 bits per heavy atom. The van der Waals surface area contributed by atoms with Crippen LogP contribution in [0.25, 0.3) is 0 Å². The number of ether oxygens (including phenoxy) is 1. The van der Waals surface area contributed by atoms with Crippen molar-refractivity contribution in [1.29, 1.82) is 0 Å². The van der Waals surface area contributed by atoms with Gasteiger partial charge in [0.25, 0.3) is 5.91 Å². The summed E-state index contributed by atoms with van der Waals surface area (Å²) in [6.07, 6.45) is 3.62. The van der Waals surface area contributed by atoms with E-state index in [0.29, 0.717) is 35.1 Å². The molecule has 1 N–H and O–H groups in total. The highest BCUT2D eigenvalue weighted by Crippen LogP contribution is 2.33. The molecule has 8 nitrogen and oxygen atoms in total. The summed E-state index contributed by atoms with van der Waals surface area (Å²) in [7, 11) is 0. The van der Waals surface area contributed by atoms with E-state index in [1.54, 1.807) is 55.0 Å². The van der Waals surface area contributed by atoms with Crippen molar-refractivity contribution in [3.05, 3.63) is 72.6 Å². The maximum Gasteiger partial charge on any atom is 0.281 e. The monoisotopic (exact) mass is 393 g/mol. The van der Waals surface area contributed by atoms with Crippen molar-refractivity contribution in [2.75, 3.05) is 11.9 Å². The van der Waals surface area contributed by atoms with E-state index in [1.165, 1.54) is 11.9 Å². The largest absolute Gasteiger partial charge is 0.484 e. The maximum absolute atomic E-state index is 12.8. The summed E-state index contributed by atoms with van der Waals surface area (Å²) in [5.74, 6) is 1.31. The van der Waals surface area contributed by atoms with Gasteiger partial charge in [0.1, 0.15) is 29.0 Å². The van der Waals surface area contributed by atoms with Gasteiger partial charge in [-0.05, 0) is 48.5 Å². The molecule has 0 spiro atoms. The third-order valence-corrected chi connectivity index (χ3v) is 4.38. The summed E-state index contributed by atoms with van der Waals surface area (Å²) in [5.41, 5.74) is 1.32. The van der Waals surface area contributed by atoms with E-state index in [0.717, 1.165) is 0 Å². The first kappa shape index (κ1) is 18.5. The van der Waals surface area contributed by atoms with Gasteiger partial charge in [-0.15, -0.1) is 0 Å². The van der Waals surface area contributed by atoms with Crippen molar-refractivity contribution in [2.24, 2.45) is 5.10 Å². The lowest BCUT2D eigenvalue weighted by Gasteiger charge is -2.20. The van der Waals surface area contributed by atoms with E-state index < -0.39 is 0 Å². The van der Waals surface area contributed by atoms with E-state index in [-0.39, 0.29) is 24.5 Å². The van der Waals surface area contributed by atoms with Gasteiger partial charge < -0.3 is 18.9 Å². The Hall–Kier alpha value is -3.81. The summed E-state index contributed by atoms with van der Waals surface area (Å²) in [5, 5.41) is 8.50. The van der Waals surface area contributed by atoms with E-state index in [4.69, 9.17) is 13.6 Å². The van der Waals surface area contributed by atoms with Gasteiger partial charge in [0.05, 0.1) is 12.5 Å². The van der Waals surface area contributed by atoms with E-state index >= 15 is 0 Å². The summed E-state index contributed by atoms with van der Waals surface area (Å²) >= 11 is 0. The maximum atomic E-state index is 12.8. The van der Waals surface area contributed by atoms with Crippen LogP contribution in [0.2, 0.25) is 0 Å². The summed E-state index contributed by atoms with van der Waals surface area (Å²) < 4.78 is 16.5. The molecule has 2 aromatic heterocycles. The number of amides is 2. The predicted octanol–water partition coefficient (Wildman–Crippen LogP) is 3.59. The molecule has 1 aliphatic rings. The Morgan fingerprint density at radius 1 is 1.14 bits per heavy atom. The average Bonchev–Trinajstić information content (AvgIpc) is 3.47. The van der Waals surface area contributed by atoms with Crippen molar-refractivity contribution in [1.82, 2.24) is 5.01 Å². The van der Waals surface area contributed by atoms with Crippen LogP contribution in [0.5, 0.6) is 5.75 Å². The van der Waals surface area contributed by atoms with Gasteiger partial charge in [-0.1, -0.05) is 0 Å². The zero-order valence-corrected chi connectivity index (χ0v) is 15.7. The number of hydrazone groups is 1. The topological polar surface area (TPSA) is 97.3 Å². The first-order chi connectivity index (χ1) is 14.1. The Labute approximate surface area is 166 Å². The fourth-order valence-electron chi connectivity index (χ4n) is 3.08. The molecule has 0 fully saturated rings.